The van der Waals surface area contributed by atoms with Gasteiger partial charge in [0, 0.05) is 49.5 Å². The van der Waals surface area contributed by atoms with E-state index < -0.39 is 6.09 Å². The van der Waals surface area contributed by atoms with Crippen molar-refractivity contribution in [3.8, 4) is 11.1 Å². The Balaban J connectivity index is 1.08. The van der Waals surface area contributed by atoms with Gasteiger partial charge in [-0.3, -0.25) is 19.8 Å². The van der Waals surface area contributed by atoms with Gasteiger partial charge in [-0.2, -0.15) is 0 Å². The van der Waals surface area contributed by atoms with E-state index >= 15 is 0 Å². The number of piperidine rings is 2. The molecule has 0 radical (unpaired) electrons. The lowest BCUT2D eigenvalue weighted by Gasteiger charge is -2.32. The van der Waals surface area contributed by atoms with E-state index in [-0.39, 0.29) is 23.8 Å². The lowest BCUT2D eigenvalue weighted by atomic mass is 9.96. The highest BCUT2D eigenvalue weighted by Crippen LogP contribution is 2.28. The number of para-hydroxylation sites is 1. The first-order valence-electron chi connectivity index (χ1n) is 14.0. The number of carbonyl (C=O) groups is 3. The molecule has 0 saturated carbocycles. The summed E-state index contributed by atoms with van der Waals surface area (Å²) < 4.78 is 5.71. The van der Waals surface area contributed by atoms with E-state index in [1.807, 2.05) is 83.8 Å². The van der Waals surface area contributed by atoms with Crippen molar-refractivity contribution in [3.05, 3.63) is 90.0 Å². The molecule has 40 heavy (non-hydrogen) atoms. The Morgan fingerprint density at radius 3 is 2.12 bits per heavy atom. The third-order valence-corrected chi connectivity index (χ3v) is 7.85. The fraction of sp³-hybridized carbons (Fsp3) is 0.344. The number of amides is 3. The average Bonchev–Trinajstić information content (AvgIpc) is 2.98. The molecule has 2 heterocycles. The van der Waals surface area contributed by atoms with Gasteiger partial charge in [0.2, 0.25) is 5.91 Å². The quantitative estimate of drug-likeness (QED) is 0.443. The molecule has 2 aliphatic rings. The van der Waals surface area contributed by atoms with Gasteiger partial charge >= 0.3 is 6.09 Å². The molecule has 3 N–H and O–H groups in total. The number of anilines is 1. The lowest BCUT2D eigenvalue weighted by molar-refractivity contribution is -0.123. The third kappa shape index (κ3) is 6.87. The number of carbonyl (C=O) groups excluding carboxylic acids is 3. The molecular formula is C32H36N4O4. The van der Waals surface area contributed by atoms with E-state index in [9.17, 15) is 14.4 Å². The van der Waals surface area contributed by atoms with Crippen molar-refractivity contribution in [1.82, 2.24) is 9.80 Å². The summed E-state index contributed by atoms with van der Waals surface area (Å²) in [6, 6.07) is 25.3. The van der Waals surface area contributed by atoms with Crippen LogP contribution in [0.1, 0.15) is 41.6 Å². The average molecular weight is 541 g/mol. The highest BCUT2D eigenvalue weighted by molar-refractivity contribution is 5.94. The van der Waals surface area contributed by atoms with Crippen molar-refractivity contribution in [2.24, 2.45) is 11.7 Å². The summed E-state index contributed by atoms with van der Waals surface area (Å²) in [6.45, 7) is 3.56. The van der Waals surface area contributed by atoms with E-state index in [1.54, 1.807) is 0 Å². The summed E-state index contributed by atoms with van der Waals surface area (Å²) >= 11 is 0. The van der Waals surface area contributed by atoms with Gasteiger partial charge in [0.05, 0.1) is 5.69 Å². The monoisotopic (exact) mass is 540 g/mol. The van der Waals surface area contributed by atoms with Crippen molar-refractivity contribution in [1.29, 1.82) is 0 Å². The van der Waals surface area contributed by atoms with Gasteiger partial charge in [0.25, 0.3) is 5.91 Å². The van der Waals surface area contributed by atoms with Crippen LogP contribution in [0.2, 0.25) is 0 Å². The minimum absolute atomic E-state index is 0.00601. The summed E-state index contributed by atoms with van der Waals surface area (Å²) in [5, 5.41) is 2.89. The number of nitrogens with one attached hydrogen (secondary N) is 1. The van der Waals surface area contributed by atoms with Gasteiger partial charge in [0.1, 0.15) is 6.10 Å². The first-order chi connectivity index (χ1) is 19.5. The Bertz CT molecular complexity index is 1310. The normalized spacial score (nSPS) is 16.9. The van der Waals surface area contributed by atoms with Gasteiger partial charge in [-0.25, -0.2) is 4.79 Å². The zero-order valence-electron chi connectivity index (χ0n) is 22.6. The van der Waals surface area contributed by atoms with Gasteiger partial charge in [-0.15, -0.1) is 0 Å². The highest BCUT2D eigenvalue weighted by Gasteiger charge is 2.27. The molecule has 0 aliphatic carbocycles. The summed E-state index contributed by atoms with van der Waals surface area (Å²) in [5.41, 5.74) is 9.88. The van der Waals surface area contributed by atoms with Crippen molar-refractivity contribution in [2.75, 3.05) is 31.5 Å². The van der Waals surface area contributed by atoms with Crippen molar-refractivity contribution in [3.63, 3.8) is 0 Å². The van der Waals surface area contributed by atoms with Gasteiger partial charge in [-0.1, -0.05) is 60.7 Å². The molecule has 0 spiro atoms. The number of nitrogens with two attached hydrogens (primary N) is 1. The van der Waals surface area contributed by atoms with Crippen LogP contribution in [-0.4, -0.2) is 60.0 Å². The second-order valence-corrected chi connectivity index (χ2v) is 10.6. The molecule has 8 heteroatoms. The minimum Gasteiger partial charge on any atom is -0.446 e. The van der Waals surface area contributed by atoms with E-state index in [2.05, 4.69) is 10.2 Å². The van der Waals surface area contributed by atoms with Crippen LogP contribution in [0.15, 0.2) is 78.9 Å². The molecule has 208 valence electrons. The Morgan fingerprint density at radius 2 is 1.45 bits per heavy atom. The zero-order chi connectivity index (χ0) is 27.9. The Hall–Kier alpha value is -4.17. The van der Waals surface area contributed by atoms with Gasteiger partial charge < -0.3 is 15.4 Å². The van der Waals surface area contributed by atoms with E-state index in [0.29, 0.717) is 37.2 Å². The van der Waals surface area contributed by atoms with E-state index in [0.717, 1.165) is 49.2 Å². The number of primary amides is 1. The van der Waals surface area contributed by atoms with E-state index in [1.165, 1.54) is 0 Å². The number of ether oxygens (including phenoxy) is 1. The Labute approximate surface area is 235 Å². The highest BCUT2D eigenvalue weighted by atomic mass is 16.6. The summed E-state index contributed by atoms with van der Waals surface area (Å²) in [6.07, 6.45) is 2.07. The van der Waals surface area contributed by atoms with Crippen LogP contribution in [0.25, 0.3) is 11.1 Å². The van der Waals surface area contributed by atoms with Crippen LogP contribution < -0.4 is 11.1 Å². The molecule has 2 fully saturated rings. The number of likely N-dealkylation sites (tertiary alicyclic amines) is 2. The molecule has 5 rings (SSSR count). The molecule has 3 aromatic rings. The van der Waals surface area contributed by atoms with E-state index in [4.69, 9.17) is 10.5 Å². The zero-order valence-corrected chi connectivity index (χ0v) is 22.6. The van der Waals surface area contributed by atoms with Crippen molar-refractivity contribution < 1.29 is 19.1 Å². The molecule has 2 aliphatic heterocycles. The number of hydrogen-bond donors (Lipinski definition) is 2. The van der Waals surface area contributed by atoms with Crippen LogP contribution >= 0.6 is 0 Å². The third-order valence-electron chi connectivity index (χ3n) is 7.85. The number of hydrogen-bond acceptors (Lipinski definition) is 5. The molecular weight excluding hydrogens is 504 g/mol. The molecule has 0 bridgehead atoms. The van der Waals surface area contributed by atoms with Crippen molar-refractivity contribution >= 4 is 23.6 Å². The fourth-order valence-corrected chi connectivity index (χ4v) is 5.50. The predicted octanol–water partition coefficient (Wildman–Crippen LogP) is 4.90. The lowest BCUT2D eigenvalue weighted by Crippen LogP contribution is -2.41. The number of rotatable bonds is 7. The molecule has 0 aromatic heterocycles. The molecule has 0 unspecified atom stereocenters. The van der Waals surface area contributed by atoms with Gasteiger partial charge in [0.15, 0.2) is 0 Å². The van der Waals surface area contributed by atoms with Crippen LogP contribution in [0.5, 0.6) is 0 Å². The first-order valence-corrected chi connectivity index (χ1v) is 14.0. The Kier molecular flexibility index (Phi) is 8.76. The summed E-state index contributed by atoms with van der Waals surface area (Å²) in [5.74, 6) is -0.226. The molecule has 3 amide bonds. The SMILES string of the molecule is NC(=O)C1CCN(Cc2ccc(C(=O)N3CCC(OC(=O)Nc4ccccc4-c4ccccc4)CC3)cc2)CC1. The first kappa shape index (κ1) is 27.4. The summed E-state index contributed by atoms with van der Waals surface area (Å²) in [4.78, 5) is 41.3. The topological polar surface area (TPSA) is 105 Å². The predicted molar refractivity (Wildman–Crippen MR) is 155 cm³/mol. The smallest absolute Gasteiger partial charge is 0.411 e. The molecule has 2 saturated heterocycles. The van der Waals surface area contributed by atoms with Crippen molar-refractivity contribution in [2.45, 2.75) is 38.3 Å². The summed E-state index contributed by atoms with van der Waals surface area (Å²) in [7, 11) is 0. The van der Waals surface area contributed by atoms with Crippen LogP contribution in [0.4, 0.5) is 10.5 Å². The largest absolute Gasteiger partial charge is 0.446 e. The maximum absolute atomic E-state index is 13.1. The maximum atomic E-state index is 13.1. The second-order valence-electron chi connectivity index (χ2n) is 10.6. The standard InChI is InChI=1S/C32H36N4O4/c33-30(37)25-14-18-35(19-15-25)22-23-10-12-26(13-11-23)31(38)36-20-16-27(17-21-36)40-32(39)34-29-9-5-4-8-28(29)24-6-2-1-3-7-24/h1-13,25,27H,14-22H2,(H2,33,37)(H,34,39). The molecule has 0 atom stereocenters. The van der Waals surface area contributed by atoms with Gasteiger partial charge in [-0.05, 0) is 55.3 Å². The molecule has 8 nitrogen and oxygen atoms in total. The number of benzene rings is 3. The number of nitrogens with zero attached hydrogens (tertiary/aromatic N) is 2. The van der Waals surface area contributed by atoms with Crippen LogP contribution in [0, 0.1) is 5.92 Å². The second kappa shape index (κ2) is 12.8. The van der Waals surface area contributed by atoms with Crippen LogP contribution in [-0.2, 0) is 16.1 Å². The maximum Gasteiger partial charge on any atom is 0.411 e. The Morgan fingerprint density at radius 1 is 0.800 bits per heavy atom. The van der Waals surface area contributed by atoms with Crippen LogP contribution in [0.3, 0.4) is 0 Å². The molecule has 3 aromatic carbocycles. The fourth-order valence-electron chi connectivity index (χ4n) is 5.50. The minimum atomic E-state index is -0.484.